The highest BCUT2D eigenvalue weighted by atomic mass is 35.5. The molecule has 2 aliphatic carbocycles. The van der Waals surface area contributed by atoms with Crippen molar-refractivity contribution in [2.24, 2.45) is 5.41 Å². The molecule has 0 saturated heterocycles. The molecule has 8 nitrogen and oxygen atoms in total. The average molecular weight is 581 g/mol. The van der Waals surface area contributed by atoms with Crippen LogP contribution in [0.2, 0.25) is 10.0 Å². The minimum Gasteiger partial charge on any atom is -0.355 e. The van der Waals surface area contributed by atoms with E-state index in [0.717, 1.165) is 12.8 Å². The summed E-state index contributed by atoms with van der Waals surface area (Å²) in [5, 5.41) is 6.87. The summed E-state index contributed by atoms with van der Waals surface area (Å²) in [6, 6.07) is 11.8. The van der Waals surface area contributed by atoms with E-state index in [-0.39, 0.29) is 36.0 Å². The smallest absolute Gasteiger partial charge is 0.263 e. The molecule has 3 aromatic rings. The first kappa shape index (κ1) is 26.8. The lowest BCUT2D eigenvalue weighted by Crippen LogP contribution is -2.50. The van der Waals surface area contributed by atoms with E-state index < -0.39 is 0 Å². The van der Waals surface area contributed by atoms with Crippen molar-refractivity contribution in [2.75, 3.05) is 12.4 Å². The minimum absolute atomic E-state index is 0.161. The Morgan fingerprint density at radius 3 is 2.35 bits per heavy atom. The normalized spacial score (nSPS) is 19.4. The predicted molar refractivity (Wildman–Crippen MR) is 156 cm³/mol. The third kappa shape index (κ3) is 4.67. The molecule has 1 atom stereocenters. The molecule has 6 rings (SSSR count). The number of amides is 2. The first-order valence-electron chi connectivity index (χ1n) is 13.7. The molecular weight excluding hydrogens is 549 g/mol. The summed E-state index contributed by atoms with van der Waals surface area (Å²) in [6.07, 6.45) is 6.31. The molecule has 10 heteroatoms. The molecule has 2 saturated carbocycles. The van der Waals surface area contributed by atoms with E-state index in [1.54, 1.807) is 59.0 Å². The lowest BCUT2D eigenvalue weighted by Gasteiger charge is -2.54. The number of nitrogens with zero attached hydrogens (tertiary/aromatic N) is 3. The van der Waals surface area contributed by atoms with Crippen molar-refractivity contribution in [3.63, 3.8) is 0 Å². The SMILES string of the molecule is CNC(=O)c1ccc(-n2c(NC3CC4(CCC4)C3)nc3c(c2=O)C[C@@H](C)N(C(=O)c2ccc(Cl)c(Cl)c2)C3)cc1. The first-order valence-corrected chi connectivity index (χ1v) is 14.4. The van der Waals surface area contributed by atoms with Crippen LogP contribution in [-0.2, 0) is 13.0 Å². The number of halogens is 2. The van der Waals surface area contributed by atoms with Crippen LogP contribution >= 0.6 is 23.2 Å². The van der Waals surface area contributed by atoms with Gasteiger partial charge < -0.3 is 15.5 Å². The van der Waals surface area contributed by atoms with E-state index in [4.69, 9.17) is 28.2 Å². The Bertz CT molecular complexity index is 1560. The van der Waals surface area contributed by atoms with Crippen LogP contribution in [0.25, 0.3) is 5.69 Å². The van der Waals surface area contributed by atoms with Gasteiger partial charge in [-0.1, -0.05) is 29.6 Å². The molecule has 0 bridgehead atoms. The highest BCUT2D eigenvalue weighted by Crippen LogP contribution is 2.56. The third-order valence-corrected chi connectivity index (χ3v) is 9.50. The number of anilines is 1. The van der Waals surface area contributed by atoms with Crippen LogP contribution in [-0.4, -0.2) is 45.4 Å². The number of rotatable bonds is 5. The highest BCUT2D eigenvalue weighted by molar-refractivity contribution is 6.42. The van der Waals surface area contributed by atoms with Gasteiger partial charge in [0.15, 0.2) is 0 Å². The van der Waals surface area contributed by atoms with Gasteiger partial charge in [-0.25, -0.2) is 9.55 Å². The molecule has 3 aliphatic rings. The summed E-state index contributed by atoms with van der Waals surface area (Å²) in [6.45, 7) is 2.14. The Morgan fingerprint density at radius 2 is 1.73 bits per heavy atom. The van der Waals surface area contributed by atoms with Gasteiger partial charge in [-0.15, -0.1) is 0 Å². The zero-order valence-electron chi connectivity index (χ0n) is 22.5. The van der Waals surface area contributed by atoms with Crippen molar-refractivity contribution in [3.05, 3.63) is 85.2 Å². The van der Waals surface area contributed by atoms with Gasteiger partial charge in [0, 0.05) is 35.8 Å². The standard InChI is InChI=1S/C30H31Cl2N5O3/c1-17-12-22-25(16-36(17)27(39)19-6-9-23(31)24(32)13-19)35-29(34-20-14-30(15-20)10-3-11-30)37(28(22)40)21-7-4-18(5-8-21)26(38)33-2/h4-9,13,17,20H,3,10-12,14-16H2,1-2H3,(H,33,38)(H,34,35)/t17-/m1/s1. The largest absolute Gasteiger partial charge is 0.355 e. The minimum atomic E-state index is -0.225. The maximum Gasteiger partial charge on any atom is 0.263 e. The number of fused-ring (bicyclic) bond motifs is 1. The van der Waals surface area contributed by atoms with Crippen LogP contribution in [0, 0.1) is 5.41 Å². The fourth-order valence-corrected chi connectivity index (χ4v) is 6.62. The second-order valence-electron chi connectivity index (χ2n) is 11.3. The van der Waals surface area contributed by atoms with Crippen molar-refractivity contribution in [1.29, 1.82) is 0 Å². The van der Waals surface area contributed by atoms with Gasteiger partial charge in [-0.05, 0) is 86.9 Å². The van der Waals surface area contributed by atoms with Gasteiger partial charge in [-0.2, -0.15) is 0 Å². The van der Waals surface area contributed by atoms with Crippen molar-refractivity contribution in [2.45, 2.75) is 64.1 Å². The Kier molecular flexibility index (Phi) is 6.87. The molecule has 40 heavy (non-hydrogen) atoms. The summed E-state index contributed by atoms with van der Waals surface area (Å²) >= 11 is 12.2. The second kappa shape index (κ2) is 10.2. The van der Waals surface area contributed by atoms with Crippen LogP contribution in [0.15, 0.2) is 47.3 Å². The lowest BCUT2D eigenvalue weighted by molar-refractivity contribution is 0.0188. The van der Waals surface area contributed by atoms with Crippen LogP contribution in [0.3, 0.4) is 0 Å². The highest BCUT2D eigenvalue weighted by Gasteiger charge is 2.48. The summed E-state index contributed by atoms with van der Waals surface area (Å²) in [7, 11) is 1.58. The van der Waals surface area contributed by atoms with Crippen LogP contribution < -0.4 is 16.2 Å². The number of aromatic nitrogens is 2. The zero-order valence-corrected chi connectivity index (χ0v) is 24.0. The van der Waals surface area contributed by atoms with E-state index in [9.17, 15) is 14.4 Å². The average Bonchev–Trinajstić information content (AvgIpc) is 2.90. The molecule has 2 N–H and O–H groups in total. The van der Waals surface area contributed by atoms with Crippen molar-refractivity contribution in [1.82, 2.24) is 19.8 Å². The summed E-state index contributed by atoms with van der Waals surface area (Å²) in [4.78, 5) is 46.3. The molecule has 0 radical (unpaired) electrons. The molecule has 2 fully saturated rings. The number of nitrogens with one attached hydrogen (secondary N) is 2. The van der Waals surface area contributed by atoms with Gasteiger partial charge in [0.1, 0.15) is 0 Å². The van der Waals surface area contributed by atoms with Crippen molar-refractivity contribution < 1.29 is 9.59 Å². The number of hydrogen-bond donors (Lipinski definition) is 2. The first-order chi connectivity index (χ1) is 19.2. The quantitative estimate of drug-likeness (QED) is 0.431. The van der Waals surface area contributed by atoms with Gasteiger partial charge in [0.2, 0.25) is 5.95 Å². The van der Waals surface area contributed by atoms with E-state index in [0.29, 0.717) is 55.9 Å². The molecule has 1 aliphatic heterocycles. The fourth-order valence-electron chi connectivity index (χ4n) is 6.32. The Morgan fingerprint density at radius 1 is 1.02 bits per heavy atom. The van der Waals surface area contributed by atoms with E-state index in [1.807, 2.05) is 6.92 Å². The lowest BCUT2D eigenvalue weighted by atomic mass is 9.54. The number of hydrogen-bond acceptors (Lipinski definition) is 5. The van der Waals surface area contributed by atoms with Gasteiger partial charge in [-0.3, -0.25) is 14.4 Å². The number of benzene rings is 2. The molecule has 0 unspecified atom stereocenters. The Balaban J connectivity index is 1.36. The molecule has 2 heterocycles. The topological polar surface area (TPSA) is 96.3 Å². The summed E-state index contributed by atoms with van der Waals surface area (Å²) in [5.74, 6) is 0.0849. The third-order valence-electron chi connectivity index (χ3n) is 8.76. The van der Waals surface area contributed by atoms with Crippen LogP contribution in [0.4, 0.5) is 5.95 Å². The van der Waals surface area contributed by atoms with E-state index in [1.165, 1.54) is 19.3 Å². The maximum atomic E-state index is 14.0. The Hall–Kier alpha value is -3.36. The molecule has 2 amide bonds. The molecule has 2 aromatic carbocycles. The van der Waals surface area contributed by atoms with E-state index >= 15 is 0 Å². The number of carbonyl (C=O) groups excluding carboxylic acids is 2. The van der Waals surface area contributed by atoms with Gasteiger partial charge in [0.25, 0.3) is 17.4 Å². The van der Waals surface area contributed by atoms with Gasteiger partial charge in [0.05, 0.1) is 28.0 Å². The molecular formula is C30H31Cl2N5O3. The van der Waals surface area contributed by atoms with Crippen LogP contribution in [0.5, 0.6) is 0 Å². The monoisotopic (exact) mass is 579 g/mol. The summed E-state index contributed by atoms with van der Waals surface area (Å²) in [5.41, 5.74) is 3.06. The Labute approximate surface area is 242 Å². The second-order valence-corrected chi connectivity index (χ2v) is 12.2. The van der Waals surface area contributed by atoms with Gasteiger partial charge >= 0.3 is 0 Å². The van der Waals surface area contributed by atoms with E-state index in [2.05, 4.69) is 10.6 Å². The predicted octanol–water partition coefficient (Wildman–Crippen LogP) is 5.23. The summed E-state index contributed by atoms with van der Waals surface area (Å²) < 4.78 is 1.61. The maximum absolute atomic E-state index is 14.0. The van der Waals surface area contributed by atoms with Crippen molar-refractivity contribution in [3.8, 4) is 5.69 Å². The molecule has 1 spiro atoms. The zero-order chi connectivity index (χ0) is 28.2. The molecule has 208 valence electrons. The molecule has 1 aromatic heterocycles. The number of carbonyl (C=O) groups is 2. The fraction of sp³-hybridized carbons (Fsp3) is 0.400. The van der Waals surface area contributed by atoms with Crippen molar-refractivity contribution >= 4 is 41.0 Å². The van der Waals surface area contributed by atoms with Crippen LogP contribution in [0.1, 0.15) is 71.0 Å².